The van der Waals surface area contributed by atoms with E-state index in [1.165, 1.54) is 5.70 Å². The number of rotatable bonds is 1. The number of allylic oxidation sites excluding steroid dienone is 2. The normalized spacial score (nSPS) is 40.8. The van der Waals surface area contributed by atoms with Crippen molar-refractivity contribution < 1.29 is 9.22 Å². The molecule has 0 radical (unpaired) electrons. The van der Waals surface area contributed by atoms with Crippen LogP contribution in [-0.2, 0) is 4.74 Å². The Bertz CT molecular complexity index is 389. The Morgan fingerprint density at radius 2 is 2.00 bits per heavy atom. The smallest absolute Gasteiger partial charge is 0.128 e. The lowest BCUT2D eigenvalue weighted by atomic mass is 10.1. The third-order valence-electron chi connectivity index (χ3n) is 4.18. The van der Waals surface area contributed by atoms with E-state index in [9.17, 15) is 0 Å². The molecule has 2 atom stereocenters. The topological polar surface area (TPSA) is 24.5 Å². The van der Waals surface area contributed by atoms with Gasteiger partial charge in [-0.05, 0) is 19.2 Å². The fourth-order valence-electron chi connectivity index (χ4n) is 3.37. The number of nitrogens with zero attached hydrogens (tertiary/aromatic N) is 2. The van der Waals surface area contributed by atoms with Gasteiger partial charge < -0.3 is 15.0 Å². The highest BCUT2D eigenvalue weighted by Crippen LogP contribution is 2.28. The highest BCUT2D eigenvalue weighted by Gasteiger charge is 2.43. The standard InChI is InChI=1S/C13H21ClN3O/c1-16-6-11-8-17(2,9-12(7-16)18-11)10-3-4-13(14)15-5-10/h3-4,11-12,15H,5-9H2,1-2H3/q+1. The molecular formula is C13H21ClN3O+. The zero-order valence-corrected chi connectivity index (χ0v) is 11.8. The first-order valence-electron chi connectivity index (χ1n) is 6.54. The van der Waals surface area contributed by atoms with Crippen molar-refractivity contribution in [2.24, 2.45) is 0 Å². The minimum absolute atomic E-state index is 0.356. The van der Waals surface area contributed by atoms with Crippen molar-refractivity contribution in [3.63, 3.8) is 0 Å². The molecule has 0 aromatic carbocycles. The Balaban J connectivity index is 1.80. The van der Waals surface area contributed by atoms with E-state index in [1.54, 1.807) is 0 Å². The molecule has 18 heavy (non-hydrogen) atoms. The van der Waals surface area contributed by atoms with Crippen molar-refractivity contribution in [2.75, 3.05) is 46.8 Å². The third kappa shape index (κ3) is 2.30. The lowest BCUT2D eigenvalue weighted by molar-refractivity contribution is -0.890. The van der Waals surface area contributed by atoms with Crippen LogP contribution in [0, 0.1) is 0 Å². The number of hydrogen-bond donors (Lipinski definition) is 1. The monoisotopic (exact) mass is 270 g/mol. The molecule has 0 aromatic heterocycles. The first-order chi connectivity index (χ1) is 8.55. The number of halogens is 1. The van der Waals surface area contributed by atoms with E-state index >= 15 is 0 Å². The average Bonchev–Trinajstić information content (AvgIpc) is 2.27. The predicted molar refractivity (Wildman–Crippen MR) is 72.1 cm³/mol. The summed E-state index contributed by atoms with van der Waals surface area (Å²) in [5.41, 5.74) is 1.40. The van der Waals surface area contributed by atoms with E-state index in [0.717, 1.165) is 42.4 Å². The van der Waals surface area contributed by atoms with Gasteiger partial charge in [0, 0.05) is 13.1 Å². The summed E-state index contributed by atoms with van der Waals surface area (Å²) >= 11 is 5.95. The van der Waals surface area contributed by atoms with Gasteiger partial charge in [-0.2, -0.15) is 0 Å². The number of fused-ring (bicyclic) bond motifs is 2. The Kier molecular flexibility index (Phi) is 3.14. The maximum Gasteiger partial charge on any atom is 0.128 e. The number of hydrogen-bond acceptors (Lipinski definition) is 3. The second-order valence-electron chi connectivity index (χ2n) is 5.89. The van der Waals surface area contributed by atoms with Gasteiger partial charge in [0.05, 0.1) is 13.6 Å². The summed E-state index contributed by atoms with van der Waals surface area (Å²) < 4.78 is 7.04. The summed E-state index contributed by atoms with van der Waals surface area (Å²) in [7, 11) is 4.50. The Hall–Kier alpha value is -0.550. The molecule has 0 aliphatic carbocycles. The van der Waals surface area contributed by atoms with Crippen LogP contribution < -0.4 is 5.32 Å². The van der Waals surface area contributed by atoms with Crippen molar-refractivity contribution in [3.05, 3.63) is 23.0 Å². The molecule has 0 amide bonds. The molecule has 5 heteroatoms. The first-order valence-corrected chi connectivity index (χ1v) is 6.92. The quantitative estimate of drug-likeness (QED) is 0.561. The third-order valence-corrected chi connectivity index (χ3v) is 4.44. The molecule has 4 nitrogen and oxygen atoms in total. The van der Waals surface area contributed by atoms with E-state index in [4.69, 9.17) is 16.3 Å². The van der Waals surface area contributed by atoms with Gasteiger partial charge >= 0.3 is 0 Å². The number of nitrogens with one attached hydrogen (secondary N) is 1. The molecule has 100 valence electrons. The van der Waals surface area contributed by atoms with Crippen LogP contribution in [-0.4, -0.2) is 68.4 Å². The molecule has 3 aliphatic heterocycles. The highest BCUT2D eigenvalue weighted by molar-refractivity contribution is 6.29. The van der Waals surface area contributed by atoms with E-state index in [1.807, 2.05) is 6.08 Å². The second-order valence-corrected chi connectivity index (χ2v) is 6.30. The zero-order chi connectivity index (χ0) is 12.8. The summed E-state index contributed by atoms with van der Waals surface area (Å²) in [6, 6.07) is 0. The SMILES string of the molecule is CN1CC2C[N+](C)(C3=CC=C(Cl)NC3)CC(C1)O2. The summed E-state index contributed by atoms with van der Waals surface area (Å²) in [6.07, 6.45) is 4.84. The molecule has 3 rings (SSSR count). The number of quaternary nitrogens is 1. The van der Waals surface area contributed by atoms with Crippen LogP contribution >= 0.6 is 11.6 Å². The van der Waals surface area contributed by atoms with Crippen LogP contribution in [0.4, 0.5) is 0 Å². The van der Waals surface area contributed by atoms with E-state index < -0.39 is 0 Å². The molecule has 2 bridgehead atoms. The molecule has 3 aliphatic rings. The minimum atomic E-state index is 0.356. The summed E-state index contributed by atoms with van der Waals surface area (Å²) in [5, 5.41) is 3.96. The Morgan fingerprint density at radius 3 is 2.56 bits per heavy atom. The summed E-state index contributed by atoms with van der Waals surface area (Å²) in [4.78, 5) is 2.38. The zero-order valence-electron chi connectivity index (χ0n) is 11.0. The van der Waals surface area contributed by atoms with Gasteiger partial charge in [0.1, 0.15) is 36.2 Å². The van der Waals surface area contributed by atoms with Gasteiger partial charge in [-0.25, -0.2) is 0 Å². The predicted octanol–water partition coefficient (Wildman–Crippen LogP) is 0.713. The summed E-state index contributed by atoms with van der Waals surface area (Å²) in [5.74, 6) is 0. The molecule has 1 N–H and O–H groups in total. The second kappa shape index (κ2) is 4.53. The summed E-state index contributed by atoms with van der Waals surface area (Å²) in [6.45, 7) is 5.05. The van der Waals surface area contributed by atoms with Crippen molar-refractivity contribution >= 4 is 11.6 Å². The van der Waals surface area contributed by atoms with Crippen LogP contribution in [0.5, 0.6) is 0 Å². The van der Waals surface area contributed by atoms with Crippen molar-refractivity contribution in [3.8, 4) is 0 Å². The van der Waals surface area contributed by atoms with Crippen LogP contribution in [0.3, 0.4) is 0 Å². The molecule has 2 saturated heterocycles. The largest absolute Gasteiger partial charge is 0.366 e. The number of ether oxygens (including phenoxy) is 1. The number of morpholine rings is 2. The maximum atomic E-state index is 6.05. The van der Waals surface area contributed by atoms with Crippen molar-refractivity contribution in [1.29, 1.82) is 0 Å². The molecule has 3 heterocycles. The van der Waals surface area contributed by atoms with Gasteiger partial charge in [-0.1, -0.05) is 11.6 Å². The van der Waals surface area contributed by atoms with Gasteiger partial charge in [0.2, 0.25) is 0 Å². The fourth-order valence-corrected chi connectivity index (χ4v) is 3.50. The van der Waals surface area contributed by atoms with E-state index in [2.05, 4.69) is 30.4 Å². The highest BCUT2D eigenvalue weighted by atomic mass is 35.5. The van der Waals surface area contributed by atoms with Crippen molar-refractivity contribution in [2.45, 2.75) is 12.2 Å². The number of likely N-dealkylation sites (N-methyl/N-ethyl adjacent to an activating group) is 2. The van der Waals surface area contributed by atoms with Gasteiger partial charge in [0.25, 0.3) is 0 Å². The first kappa shape index (κ1) is 12.5. The lowest BCUT2D eigenvalue weighted by Gasteiger charge is -2.49. The molecule has 0 aromatic rings. The maximum absolute atomic E-state index is 6.05. The van der Waals surface area contributed by atoms with Gasteiger partial charge in [-0.3, -0.25) is 4.48 Å². The molecule has 2 fully saturated rings. The molecule has 2 unspecified atom stereocenters. The van der Waals surface area contributed by atoms with Crippen LogP contribution in [0.2, 0.25) is 0 Å². The van der Waals surface area contributed by atoms with Crippen LogP contribution in [0.1, 0.15) is 0 Å². The fraction of sp³-hybridized carbons (Fsp3) is 0.692. The van der Waals surface area contributed by atoms with E-state index in [-0.39, 0.29) is 0 Å². The van der Waals surface area contributed by atoms with Crippen LogP contribution in [0.15, 0.2) is 23.0 Å². The molecule has 0 spiro atoms. The van der Waals surface area contributed by atoms with Crippen molar-refractivity contribution in [1.82, 2.24) is 10.2 Å². The van der Waals surface area contributed by atoms with E-state index in [0.29, 0.717) is 12.2 Å². The lowest BCUT2D eigenvalue weighted by Crippen LogP contribution is -2.65. The van der Waals surface area contributed by atoms with Gasteiger partial charge in [-0.15, -0.1) is 0 Å². The minimum Gasteiger partial charge on any atom is -0.366 e. The Labute approximate surface area is 113 Å². The van der Waals surface area contributed by atoms with Gasteiger partial charge in [0.15, 0.2) is 0 Å². The van der Waals surface area contributed by atoms with Crippen LogP contribution in [0.25, 0.3) is 0 Å². The number of dihydropyridines is 1. The average molecular weight is 271 g/mol. The molecule has 0 saturated carbocycles. The molecular weight excluding hydrogens is 250 g/mol. The Morgan fingerprint density at radius 1 is 1.33 bits per heavy atom.